The van der Waals surface area contributed by atoms with Crippen molar-refractivity contribution in [2.24, 2.45) is 14.1 Å². The zero-order valence-corrected chi connectivity index (χ0v) is 33.0. The standard InChI is InChI=1S/C43H47N7O9/c1-44-38(52)31-15-10-16-32(35(31)51)39(53)45-19-24-50(25-20-46-40(54)33-17-22-48(2)42(56)36(33)58-27-29-11-6-4-7-12-29)26-21-47-41(55)34-18-23-49(3)43(57)37(34)59-28-30-13-8-5-9-14-30/h4-18,22-23,51H,19-21,24-28H2,1-3H3,(H,44,52)(H,45,53)(H,46,54)(H,47,55). The van der Waals surface area contributed by atoms with Crippen LogP contribution < -0.4 is 41.9 Å². The number of amides is 4. The van der Waals surface area contributed by atoms with Crippen LogP contribution in [0.4, 0.5) is 0 Å². The van der Waals surface area contributed by atoms with E-state index in [1.54, 1.807) is 14.1 Å². The molecular weight excluding hydrogens is 759 g/mol. The summed E-state index contributed by atoms with van der Waals surface area (Å²) in [6, 6.07) is 25.7. The normalized spacial score (nSPS) is 10.8. The van der Waals surface area contributed by atoms with Crippen LogP contribution in [0.15, 0.2) is 113 Å². The first-order valence-corrected chi connectivity index (χ1v) is 18.8. The number of phenols is 1. The molecule has 0 aliphatic carbocycles. The molecule has 4 amide bonds. The molecule has 0 saturated heterocycles. The molecular formula is C43H47N7O9. The Morgan fingerprint density at radius 3 is 1.36 bits per heavy atom. The Hall–Kier alpha value is -7.20. The Morgan fingerprint density at radius 2 is 0.949 bits per heavy atom. The lowest BCUT2D eigenvalue weighted by Crippen LogP contribution is -2.43. The lowest BCUT2D eigenvalue weighted by Gasteiger charge is -2.23. The van der Waals surface area contributed by atoms with Gasteiger partial charge in [0, 0.05) is 72.8 Å². The topological polar surface area (TPSA) is 202 Å². The second-order valence-electron chi connectivity index (χ2n) is 13.4. The predicted octanol–water partition coefficient (Wildman–Crippen LogP) is 2.20. The third-order valence-corrected chi connectivity index (χ3v) is 9.28. The number of rotatable bonds is 19. The highest BCUT2D eigenvalue weighted by molar-refractivity contribution is 6.03. The van der Waals surface area contributed by atoms with Crippen molar-refractivity contribution in [3.63, 3.8) is 0 Å². The van der Waals surface area contributed by atoms with Crippen LogP contribution in [-0.2, 0) is 27.3 Å². The van der Waals surface area contributed by atoms with E-state index >= 15 is 0 Å². The predicted molar refractivity (Wildman–Crippen MR) is 220 cm³/mol. The summed E-state index contributed by atoms with van der Waals surface area (Å²) in [4.78, 5) is 80.0. The fraction of sp³-hybridized carbons (Fsp3) is 0.256. The number of hydrogen-bond donors (Lipinski definition) is 5. The largest absolute Gasteiger partial charge is 0.506 e. The molecule has 0 radical (unpaired) electrons. The van der Waals surface area contributed by atoms with E-state index in [2.05, 4.69) is 21.3 Å². The van der Waals surface area contributed by atoms with Gasteiger partial charge in [0.2, 0.25) is 0 Å². The van der Waals surface area contributed by atoms with Crippen molar-refractivity contribution in [1.82, 2.24) is 35.3 Å². The van der Waals surface area contributed by atoms with Crippen LogP contribution in [0.3, 0.4) is 0 Å². The van der Waals surface area contributed by atoms with Gasteiger partial charge >= 0.3 is 0 Å². The summed E-state index contributed by atoms with van der Waals surface area (Å²) >= 11 is 0. The number of ether oxygens (including phenoxy) is 2. The zero-order chi connectivity index (χ0) is 42.3. The van der Waals surface area contributed by atoms with Crippen LogP contribution in [0.5, 0.6) is 17.2 Å². The smallest absolute Gasteiger partial charge is 0.293 e. The summed E-state index contributed by atoms with van der Waals surface area (Å²) < 4.78 is 14.3. The first-order chi connectivity index (χ1) is 28.5. The Morgan fingerprint density at radius 1 is 0.559 bits per heavy atom. The zero-order valence-electron chi connectivity index (χ0n) is 33.0. The van der Waals surface area contributed by atoms with Gasteiger partial charge in [0.1, 0.15) is 19.0 Å². The van der Waals surface area contributed by atoms with Crippen LogP contribution in [0.25, 0.3) is 0 Å². The maximum Gasteiger partial charge on any atom is 0.293 e. The van der Waals surface area contributed by atoms with Crippen molar-refractivity contribution < 1.29 is 33.8 Å². The monoisotopic (exact) mass is 805 g/mol. The van der Waals surface area contributed by atoms with Gasteiger partial charge in [-0.05, 0) is 35.4 Å². The van der Waals surface area contributed by atoms with Crippen molar-refractivity contribution in [3.8, 4) is 17.2 Å². The second kappa shape index (κ2) is 20.8. The molecule has 16 heteroatoms. The molecule has 5 N–H and O–H groups in total. The Balaban J connectivity index is 1.25. The molecule has 5 aromatic rings. The molecule has 0 bridgehead atoms. The lowest BCUT2D eigenvalue weighted by molar-refractivity contribution is 0.0937. The van der Waals surface area contributed by atoms with Crippen molar-refractivity contribution in [2.45, 2.75) is 13.2 Å². The number of aryl methyl sites for hydroxylation is 2. The lowest BCUT2D eigenvalue weighted by atomic mass is 10.1. The molecule has 0 fully saturated rings. The summed E-state index contributed by atoms with van der Waals surface area (Å²) in [7, 11) is 4.53. The Kier molecular flexibility index (Phi) is 15.1. The number of benzene rings is 3. The first kappa shape index (κ1) is 42.9. The fourth-order valence-corrected chi connectivity index (χ4v) is 5.95. The molecule has 0 unspecified atom stereocenters. The second-order valence-corrected chi connectivity index (χ2v) is 13.4. The van der Waals surface area contributed by atoms with Crippen LogP contribution in [0.1, 0.15) is 52.6 Å². The van der Waals surface area contributed by atoms with Gasteiger partial charge in [0.05, 0.1) is 22.3 Å². The maximum atomic E-state index is 13.4. The average molecular weight is 806 g/mol. The SMILES string of the molecule is CNC(=O)c1cccc(C(=O)NCCN(CCNC(=O)c2ccn(C)c(=O)c2OCc2ccccc2)CCNC(=O)c2ccn(C)c(=O)c2OCc2ccccc2)c1O. The number of phenolic OH excluding ortho intramolecular Hbond substituents is 1. The highest BCUT2D eigenvalue weighted by atomic mass is 16.5. The quantitative estimate of drug-likeness (QED) is 0.0824. The van der Waals surface area contributed by atoms with Crippen LogP contribution in [0, 0.1) is 0 Å². The molecule has 308 valence electrons. The van der Waals surface area contributed by atoms with Crippen molar-refractivity contribution in [3.05, 3.63) is 157 Å². The number of aromatic nitrogens is 2. The van der Waals surface area contributed by atoms with E-state index < -0.39 is 40.5 Å². The third kappa shape index (κ3) is 11.4. The molecule has 0 spiro atoms. The van der Waals surface area contributed by atoms with Gasteiger partial charge in [-0.3, -0.25) is 33.7 Å². The third-order valence-electron chi connectivity index (χ3n) is 9.28. The number of hydrogen-bond acceptors (Lipinski definition) is 10. The van der Waals surface area contributed by atoms with Gasteiger partial charge in [-0.25, -0.2) is 0 Å². The molecule has 0 saturated carbocycles. The number of carbonyl (C=O) groups excluding carboxylic acids is 4. The van der Waals surface area contributed by atoms with E-state index in [-0.39, 0.29) is 86.2 Å². The first-order valence-electron chi connectivity index (χ1n) is 18.8. The van der Waals surface area contributed by atoms with E-state index in [9.17, 15) is 33.9 Å². The number of nitrogens with zero attached hydrogens (tertiary/aromatic N) is 3. The molecule has 3 aromatic carbocycles. The molecule has 5 rings (SSSR count). The van der Waals surface area contributed by atoms with Gasteiger partial charge in [-0.1, -0.05) is 66.7 Å². The summed E-state index contributed by atoms with van der Waals surface area (Å²) in [5.74, 6) is -2.88. The summed E-state index contributed by atoms with van der Waals surface area (Å²) in [6.45, 7) is 1.19. The highest BCUT2D eigenvalue weighted by Crippen LogP contribution is 2.22. The van der Waals surface area contributed by atoms with E-state index in [1.807, 2.05) is 65.6 Å². The molecule has 2 aromatic heterocycles. The number of pyridine rings is 2. The number of para-hydroxylation sites is 1. The minimum atomic E-state index is -0.614. The molecule has 59 heavy (non-hydrogen) atoms. The summed E-state index contributed by atoms with van der Waals surface area (Å²) in [6.07, 6.45) is 2.96. The van der Waals surface area contributed by atoms with Crippen molar-refractivity contribution in [2.75, 3.05) is 46.3 Å². The average Bonchev–Trinajstić information content (AvgIpc) is 3.24. The number of nitrogens with one attached hydrogen (secondary N) is 4. The van der Waals surface area contributed by atoms with Gasteiger partial charge in [0.15, 0.2) is 11.5 Å². The molecule has 0 aliphatic heterocycles. The summed E-state index contributed by atoms with van der Waals surface area (Å²) in [5, 5.41) is 21.4. The minimum Gasteiger partial charge on any atom is -0.506 e. The molecule has 0 aliphatic rings. The Bertz CT molecular complexity index is 2260. The fourth-order valence-electron chi connectivity index (χ4n) is 5.95. The summed E-state index contributed by atoms with van der Waals surface area (Å²) in [5.41, 5.74) is 0.677. The van der Waals surface area contributed by atoms with Crippen molar-refractivity contribution in [1.29, 1.82) is 0 Å². The van der Waals surface area contributed by atoms with Gasteiger partial charge < -0.3 is 45.0 Å². The van der Waals surface area contributed by atoms with Gasteiger partial charge in [0.25, 0.3) is 34.7 Å². The number of aromatic hydroxyl groups is 1. The van der Waals surface area contributed by atoms with E-state index in [0.717, 1.165) is 11.1 Å². The van der Waals surface area contributed by atoms with Crippen LogP contribution >= 0.6 is 0 Å². The van der Waals surface area contributed by atoms with Crippen LogP contribution in [0.2, 0.25) is 0 Å². The number of carbonyl (C=O) groups is 4. The van der Waals surface area contributed by atoms with E-state index in [1.165, 1.54) is 58.9 Å². The van der Waals surface area contributed by atoms with Gasteiger partial charge in [-0.15, -0.1) is 0 Å². The molecule has 16 nitrogen and oxygen atoms in total. The molecule has 0 atom stereocenters. The van der Waals surface area contributed by atoms with Crippen molar-refractivity contribution >= 4 is 23.6 Å². The highest BCUT2D eigenvalue weighted by Gasteiger charge is 2.21. The van der Waals surface area contributed by atoms with Crippen LogP contribution in [-0.4, -0.2) is 89.1 Å². The van der Waals surface area contributed by atoms with E-state index in [4.69, 9.17) is 9.47 Å². The van der Waals surface area contributed by atoms with E-state index in [0.29, 0.717) is 0 Å². The minimum absolute atomic E-state index is 0.0527. The molecule has 2 heterocycles. The Labute approximate surface area is 340 Å². The van der Waals surface area contributed by atoms with Gasteiger partial charge in [-0.2, -0.15) is 0 Å². The maximum absolute atomic E-state index is 13.4.